The topological polar surface area (TPSA) is 64.9 Å². The number of rotatable bonds is 6. The Morgan fingerprint density at radius 2 is 1.87 bits per heavy atom. The minimum absolute atomic E-state index is 0.105. The van der Waals surface area contributed by atoms with Gasteiger partial charge in [0.05, 0.1) is 5.69 Å². The highest BCUT2D eigenvalue weighted by atomic mass is 32.2. The summed E-state index contributed by atoms with van der Waals surface area (Å²) >= 11 is 1.70. The van der Waals surface area contributed by atoms with Crippen LogP contribution in [0.2, 0.25) is 0 Å². The number of hydrogen-bond donors (Lipinski definition) is 1. The number of imidazole rings is 1. The van der Waals surface area contributed by atoms with E-state index < -0.39 is 0 Å². The van der Waals surface area contributed by atoms with Gasteiger partial charge in [0.2, 0.25) is 0 Å². The first-order chi connectivity index (χ1) is 15.2. The summed E-state index contributed by atoms with van der Waals surface area (Å²) in [5.41, 5.74) is 3.58. The minimum atomic E-state index is -0.105. The molecule has 0 spiro atoms. The molecule has 0 bridgehead atoms. The van der Waals surface area contributed by atoms with E-state index in [1.807, 2.05) is 77.5 Å². The molecule has 1 aliphatic rings. The van der Waals surface area contributed by atoms with Crippen LogP contribution in [0.25, 0.3) is 5.65 Å². The van der Waals surface area contributed by atoms with E-state index in [-0.39, 0.29) is 5.91 Å². The standard InChI is InChI=1S/C24H21N3O3S/c28-24(25-14-17-4-9-21-22(13-17)30-12-11-29-21)18-5-7-20(8-6-18)31-16-19-15-27-10-2-1-3-23(27)26-19/h1-10,13,15H,11-12,14,16H2,(H,25,28). The highest BCUT2D eigenvalue weighted by molar-refractivity contribution is 7.98. The lowest BCUT2D eigenvalue weighted by molar-refractivity contribution is 0.0950. The number of aromatic nitrogens is 2. The van der Waals surface area contributed by atoms with Crippen LogP contribution in [0.1, 0.15) is 21.6 Å². The van der Waals surface area contributed by atoms with E-state index in [4.69, 9.17) is 9.47 Å². The molecule has 4 aromatic rings. The summed E-state index contributed by atoms with van der Waals surface area (Å²) < 4.78 is 13.1. The van der Waals surface area contributed by atoms with Gasteiger partial charge in [-0.25, -0.2) is 4.98 Å². The predicted molar refractivity (Wildman–Crippen MR) is 120 cm³/mol. The second-order valence-electron chi connectivity index (χ2n) is 7.17. The molecule has 5 rings (SSSR count). The quantitative estimate of drug-likeness (QED) is 0.461. The molecule has 2 aromatic heterocycles. The fourth-order valence-corrected chi connectivity index (χ4v) is 4.18. The number of pyridine rings is 1. The zero-order valence-corrected chi connectivity index (χ0v) is 17.6. The van der Waals surface area contributed by atoms with Gasteiger partial charge in [-0.1, -0.05) is 12.1 Å². The lowest BCUT2D eigenvalue weighted by atomic mass is 10.1. The molecule has 6 nitrogen and oxygen atoms in total. The molecule has 0 fully saturated rings. The lowest BCUT2D eigenvalue weighted by Crippen LogP contribution is -2.23. The summed E-state index contributed by atoms with van der Waals surface area (Å²) in [7, 11) is 0. The Morgan fingerprint density at radius 3 is 2.71 bits per heavy atom. The summed E-state index contributed by atoms with van der Waals surface area (Å²) in [6, 6.07) is 19.3. The summed E-state index contributed by atoms with van der Waals surface area (Å²) in [5.74, 6) is 2.15. The number of carbonyl (C=O) groups excluding carboxylic acids is 1. The van der Waals surface area contributed by atoms with Crippen molar-refractivity contribution in [3.63, 3.8) is 0 Å². The zero-order chi connectivity index (χ0) is 21.0. The number of thioether (sulfide) groups is 1. The molecule has 0 aliphatic carbocycles. The van der Waals surface area contributed by atoms with Crippen molar-refractivity contribution in [3.05, 3.63) is 89.9 Å². The molecule has 1 N–H and O–H groups in total. The number of fused-ring (bicyclic) bond motifs is 2. The SMILES string of the molecule is O=C(NCc1ccc2c(c1)OCCO2)c1ccc(SCc2cn3ccccc3n2)cc1. The van der Waals surface area contributed by atoms with Crippen molar-refractivity contribution in [2.75, 3.05) is 13.2 Å². The lowest BCUT2D eigenvalue weighted by Gasteiger charge is -2.19. The van der Waals surface area contributed by atoms with Crippen LogP contribution in [0.15, 0.2) is 78.0 Å². The summed E-state index contributed by atoms with van der Waals surface area (Å²) in [6.07, 6.45) is 4.04. The van der Waals surface area contributed by atoms with E-state index in [1.54, 1.807) is 11.8 Å². The molecule has 0 atom stereocenters. The van der Waals surface area contributed by atoms with Crippen molar-refractivity contribution >= 4 is 23.3 Å². The molecule has 156 valence electrons. The van der Waals surface area contributed by atoms with Crippen LogP contribution in [-0.4, -0.2) is 28.5 Å². The number of hydrogen-bond acceptors (Lipinski definition) is 5. The summed E-state index contributed by atoms with van der Waals surface area (Å²) in [4.78, 5) is 18.2. The van der Waals surface area contributed by atoms with Crippen LogP contribution in [0.5, 0.6) is 11.5 Å². The predicted octanol–water partition coefficient (Wildman–Crippen LogP) is 4.33. The average molecular weight is 432 g/mol. The van der Waals surface area contributed by atoms with Crippen LogP contribution >= 0.6 is 11.8 Å². The largest absolute Gasteiger partial charge is 0.486 e. The van der Waals surface area contributed by atoms with Gasteiger partial charge >= 0.3 is 0 Å². The van der Waals surface area contributed by atoms with Crippen molar-refractivity contribution in [1.82, 2.24) is 14.7 Å². The van der Waals surface area contributed by atoms with E-state index in [1.165, 1.54) is 0 Å². The first-order valence-corrected chi connectivity index (χ1v) is 11.1. The van der Waals surface area contributed by atoms with Crippen LogP contribution in [0.3, 0.4) is 0 Å². The van der Waals surface area contributed by atoms with E-state index in [2.05, 4.69) is 10.3 Å². The molecular weight excluding hydrogens is 410 g/mol. The minimum Gasteiger partial charge on any atom is -0.486 e. The Bertz CT molecular complexity index is 1190. The van der Waals surface area contributed by atoms with E-state index in [9.17, 15) is 4.79 Å². The number of carbonyl (C=O) groups is 1. The van der Waals surface area contributed by atoms with Gasteiger partial charge in [0.15, 0.2) is 11.5 Å². The smallest absolute Gasteiger partial charge is 0.251 e. The van der Waals surface area contributed by atoms with Gasteiger partial charge in [-0.3, -0.25) is 4.79 Å². The molecule has 31 heavy (non-hydrogen) atoms. The maximum atomic E-state index is 12.5. The van der Waals surface area contributed by atoms with Gasteiger partial charge in [0.25, 0.3) is 5.91 Å². The van der Waals surface area contributed by atoms with E-state index in [0.717, 1.165) is 39.1 Å². The molecule has 0 unspecified atom stereocenters. The summed E-state index contributed by atoms with van der Waals surface area (Å²) in [6.45, 7) is 1.54. The molecule has 1 amide bonds. The van der Waals surface area contributed by atoms with Gasteiger partial charge in [0.1, 0.15) is 18.9 Å². The Balaban J connectivity index is 1.16. The van der Waals surface area contributed by atoms with Gasteiger partial charge in [0, 0.05) is 35.2 Å². The maximum Gasteiger partial charge on any atom is 0.251 e. The zero-order valence-electron chi connectivity index (χ0n) is 16.8. The van der Waals surface area contributed by atoms with E-state index >= 15 is 0 Å². The van der Waals surface area contributed by atoms with Crippen molar-refractivity contribution in [2.24, 2.45) is 0 Å². The first-order valence-electron chi connectivity index (χ1n) is 10.1. The van der Waals surface area contributed by atoms with Crippen LogP contribution in [-0.2, 0) is 12.3 Å². The van der Waals surface area contributed by atoms with Gasteiger partial charge in [-0.2, -0.15) is 0 Å². The third-order valence-corrected chi connectivity index (χ3v) is 6.02. The number of ether oxygens (including phenoxy) is 2. The van der Waals surface area contributed by atoms with Crippen LogP contribution < -0.4 is 14.8 Å². The Hall–Kier alpha value is -3.45. The van der Waals surface area contributed by atoms with Gasteiger partial charge in [-0.05, 0) is 54.1 Å². The second kappa shape index (κ2) is 8.73. The summed E-state index contributed by atoms with van der Waals surface area (Å²) in [5, 5.41) is 2.96. The van der Waals surface area contributed by atoms with Crippen molar-refractivity contribution < 1.29 is 14.3 Å². The Morgan fingerprint density at radius 1 is 1.03 bits per heavy atom. The second-order valence-corrected chi connectivity index (χ2v) is 8.22. The molecule has 0 saturated heterocycles. The molecule has 2 aromatic carbocycles. The highest BCUT2D eigenvalue weighted by Crippen LogP contribution is 2.30. The first kappa shape index (κ1) is 19.5. The maximum absolute atomic E-state index is 12.5. The van der Waals surface area contributed by atoms with E-state index in [0.29, 0.717) is 25.3 Å². The molecule has 1 aliphatic heterocycles. The fourth-order valence-electron chi connectivity index (χ4n) is 3.40. The molecule has 0 saturated carbocycles. The molecule has 0 radical (unpaired) electrons. The number of nitrogens with zero attached hydrogens (tertiary/aromatic N) is 2. The van der Waals surface area contributed by atoms with Crippen LogP contribution in [0, 0.1) is 0 Å². The third kappa shape index (κ3) is 4.51. The van der Waals surface area contributed by atoms with Crippen molar-refractivity contribution in [1.29, 1.82) is 0 Å². The number of nitrogens with one attached hydrogen (secondary N) is 1. The Kier molecular flexibility index (Phi) is 5.50. The van der Waals surface area contributed by atoms with Gasteiger partial charge < -0.3 is 19.2 Å². The number of benzene rings is 2. The third-order valence-electron chi connectivity index (χ3n) is 4.98. The molecular formula is C24H21N3O3S. The Labute approximate surface area is 184 Å². The average Bonchev–Trinajstić information content (AvgIpc) is 3.24. The monoisotopic (exact) mass is 431 g/mol. The van der Waals surface area contributed by atoms with Crippen LogP contribution in [0.4, 0.5) is 0 Å². The molecule has 7 heteroatoms. The molecule has 3 heterocycles. The number of amides is 1. The highest BCUT2D eigenvalue weighted by Gasteiger charge is 2.12. The normalized spacial score (nSPS) is 12.6. The van der Waals surface area contributed by atoms with Gasteiger partial charge in [-0.15, -0.1) is 11.8 Å². The van der Waals surface area contributed by atoms with Crippen molar-refractivity contribution in [3.8, 4) is 11.5 Å². The fraction of sp³-hybridized carbons (Fsp3) is 0.167. The van der Waals surface area contributed by atoms with Crippen molar-refractivity contribution in [2.45, 2.75) is 17.2 Å².